The van der Waals surface area contributed by atoms with Gasteiger partial charge < -0.3 is 9.47 Å². The molecule has 4 aromatic rings. The molecule has 0 fully saturated rings. The van der Waals surface area contributed by atoms with Gasteiger partial charge in [0, 0.05) is 10.0 Å². The van der Waals surface area contributed by atoms with Gasteiger partial charge >= 0.3 is 0 Å². The number of anilines is 1. The van der Waals surface area contributed by atoms with Gasteiger partial charge in [0.25, 0.3) is 5.91 Å². The second kappa shape index (κ2) is 11.3. The molecule has 184 valence electrons. The first-order chi connectivity index (χ1) is 18.0. The molecule has 0 N–H and O–H groups in total. The van der Waals surface area contributed by atoms with Crippen LogP contribution >= 0.6 is 38.5 Å². The van der Waals surface area contributed by atoms with Crippen molar-refractivity contribution in [3.05, 3.63) is 127 Å². The van der Waals surface area contributed by atoms with Crippen molar-refractivity contribution in [1.29, 1.82) is 0 Å². The zero-order valence-corrected chi connectivity index (χ0v) is 23.6. The summed E-state index contributed by atoms with van der Waals surface area (Å²) in [5.41, 5.74) is 4.59. The fourth-order valence-corrected chi connectivity index (χ4v) is 5.01. The number of ether oxygens (including phenoxy) is 2. The van der Waals surface area contributed by atoms with Crippen molar-refractivity contribution < 1.29 is 14.3 Å². The Morgan fingerprint density at radius 3 is 2.30 bits per heavy atom. The van der Waals surface area contributed by atoms with Crippen molar-refractivity contribution in [3.8, 4) is 11.5 Å². The summed E-state index contributed by atoms with van der Waals surface area (Å²) in [5.74, 6) is 1.07. The van der Waals surface area contributed by atoms with Crippen molar-refractivity contribution in [3.63, 3.8) is 0 Å². The van der Waals surface area contributed by atoms with Gasteiger partial charge in [0.1, 0.15) is 12.3 Å². The number of hydrazone groups is 1. The van der Waals surface area contributed by atoms with Crippen LogP contribution in [0.5, 0.6) is 11.5 Å². The minimum absolute atomic E-state index is 0.186. The second-order valence-corrected chi connectivity index (χ2v) is 10.4. The Balaban J connectivity index is 1.50. The van der Waals surface area contributed by atoms with Crippen LogP contribution in [0.2, 0.25) is 0 Å². The number of nitrogens with zero attached hydrogens (tertiary/aromatic N) is 2. The second-order valence-electron chi connectivity index (χ2n) is 8.27. The number of hydrogen-bond acceptors (Lipinski definition) is 4. The van der Waals surface area contributed by atoms with Gasteiger partial charge in [-0.2, -0.15) is 10.1 Å². The summed E-state index contributed by atoms with van der Waals surface area (Å²) >= 11 is 5.69. The average Bonchev–Trinajstić information content (AvgIpc) is 3.25. The molecule has 0 bridgehead atoms. The first-order valence-corrected chi connectivity index (χ1v) is 13.4. The standard InChI is InChI=1S/C30H22BrIN2O3/c1-36-27-18-21(17-26(32)29(27)37-19-20-12-14-23(31)15-13-20)16-25-28(22-8-4-2-5-9-22)33-34(30(25)35)24-10-6-3-7-11-24/h2-18H,19H2,1H3/b25-16-. The maximum atomic E-state index is 13.6. The zero-order chi connectivity index (χ0) is 25.8. The van der Waals surface area contributed by atoms with E-state index in [4.69, 9.17) is 14.6 Å². The van der Waals surface area contributed by atoms with Gasteiger partial charge in [0.05, 0.1) is 21.9 Å². The van der Waals surface area contributed by atoms with Crippen LogP contribution in [0.25, 0.3) is 6.08 Å². The first kappa shape index (κ1) is 25.2. The molecule has 0 saturated heterocycles. The number of benzene rings is 4. The molecule has 1 heterocycles. The molecule has 5 nitrogen and oxygen atoms in total. The number of para-hydroxylation sites is 1. The van der Waals surface area contributed by atoms with Crippen LogP contribution in [0.15, 0.2) is 112 Å². The largest absolute Gasteiger partial charge is 0.493 e. The highest BCUT2D eigenvalue weighted by atomic mass is 127. The van der Waals surface area contributed by atoms with Crippen LogP contribution in [0.3, 0.4) is 0 Å². The number of halogens is 2. The van der Waals surface area contributed by atoms with Crippen LogP contribution in [-0.2, 0) is 11.4 Å². The van der Waals surface area contributed by atoms with E-state index in [1.807, 2.05) is 103 Å². The molecular weight excluding hydrogens is 643 g/mol. The summed E-state index contributed by atoms with van der Waals surface area (Å²) in [6.07, 6.45) is 1.86. The quantitative estimate of drug-likeness (QED) is 0.152. The number of carbonyl (C=O) groups is 1. The summed E-state index contributed by atoms with van der Waals surface area (Å²) in [4.78, 5) is 13.6. The summed E-state index contributed by atoms with van der Waals surface area (Å²) in [6.45, 7) is 0.412. The number of rotatable bonds is 7. The van der Waals surface area contributed by atoms with E-state index in [-0.39, 0.29) is 5.91 Å². The van der Waals surface area contributed by atoms with Crippen molar-refractivity contribution in [2.45, 2.75) is 6.61 Å². The molecule has 0 aliphatic carbocycles. The van der Waals surface area contributed by atoms with E-state index in [9.17, 15) is 4.79 Å². The third-order valence-electron chi connectivity index (χ3n) is 5.79. The highest BCUT2D eigenvalue weighted by Gasteiger charge is 2.32. The molecule has 0 atom stereocenters. The molecule has 0 saturated carbocycles. The molecule has 1 aliphatic rings. The van der Waals surface area contributed by atoms with Crippen molar-refractivity contribution in [2.24, 2.45) is 5.10 Å². The topological polar surface area (TPSA) is 51.1 Å². The van der Waals surface area contributed by atoms with Gasteiger partial charge in [0.2, 0.25) is 0 Å². The van der Waals surface area contributed by atoms with E-state index < -0.39 is 0 Å². The van der Waals surface area contributed by atoms with E-state index in [0.29, 0.717) is 35.1 Å². The van der Waals surface area contributed by atoms with Crippen molar-refractivity contribution in [1.82, 2.24) is 0 Å². The number of amides is 1. The lowest BCUT2D eigenvalue weighted by atomic mass is 10.00. The predicted octanol–water partition coefficient (Wildman–Crippen LogP) is 7.48. The smallest absolute Gasteiger partial charge is 0.281 e. The van der Waals surface area contributed by atoms with E-state index >= 15 is 0 Å². The summed E-state index contributed by atoms with van der Waals surface area (Å²) in [7, 11) is 1.61. The SMILES string of the molecule is COc1cc(/C=C2\C(=O)N(c3ccccc3)N=C2c2ccccc2)cc(I)c1OCc1ccc(Br)cc1. The van der Waals surface area contributed by atoms with Crippen LogP contribution < -0.4 is 14.5 Å². The molecule has 0 aromatic heterocycles. The maximum Gasteiger partial charge on any atom is 0.281 e. The summed E-state index contributed by atoms with van der Waals surface area (Å²) in [5, 5.41) is 6.16. The monoisotopic (exact) mass is 664 g/mol. The Morgan fingerprint density at radius 2 is 1.62 bits per heavy atom. The summed E-state index contributed by atoms with van der Waals surface area (Å²) < 4.78 is 13.7. The van der Waals surface area contributed by atoms with E-state index in [2.05, 4.69) is 38.5 Å². The van der Waals surface area contributed by atoms with Gasteiger partial charge in [-0.1, -0.05) is 76.6 Å². The van der Waals surface area contributed by atoms with Gasteiger partial charge in [-0.05, 0) is 76.2 Å². The Hall–Kier alpha value is -3.43. The van der Waals surface area contributed by atoms with E-state index in [1.54, 1.807) is 7.11 Å². The molecule has 5 rings (SSSR count). The lowest BCUT2D eigenvalue weighted by Gasteiger charge is -2.14. The first-order valence-electron chi connectivity index (χ1n) is 11.5. The molecule has 37 heavy (non-hydrogen) atoms. The average molecular weight is 665 g/mol. The van der Waals surface area contributed by atoms with Crippen molar-refractivity contribution in [2.75, 3.05) is 12.1 Å². The molecule has 4 aromatic carbocycles. The molecule has 1 aliphatic heterocycles. The van der Waals surface area contributed by atoms with Gasteiger partial charge in [0.15, 0.2) is 11.5 Å². The minimum atomic E-state index is -0.186. The summed E-state index contributed by atoms with van der Waals surface area (Å²) in [6, 6.07) is 31.0. The van der Waals surface area contributed by atoms with Crippen LogP contribution in [0.4, 0.5) is 5.69 Å². The minimum Gasteiger partial charge on any atom is -0.493 e. The van der Waals surface area contributed by atoms with E-state index in [0.717, 1.165) is 24.7 Å². The Morgan fingerprint density at radius 1 is 0.946 bits per heavy atom. The highest BCUT2D eigenvalue weighted by molar-refractivity contribution is 14.1. The fraction of sp³-hybridized carbons (Fsp3) is 0.0667. The van der Waals surface area contributed by atoms with Gasteiger partial charge in [-0.25, -0.2) is 0 Å². The van der Waals surface area contributed by atoms with Gasteiger partial charge in [-0.3, -0.25) is 4.79 Å². The number of carbonyl (C=O) groups excluding carboxylic acids is 1. The molecular formula is C30H22BrIN2O3. The van der Waals surface area contributed by atoms with Crippen molar-refractivity contribution >= 4 is 61.9 Å². The Bertz CT molecular complexity index is 1490. The lowest BCUT2D eigenvalue weighted by Crippen LogP contribution is -2.21. The molecule has 0 unspecified atom stereocenters. The Labute approximate surface area is 237 Å². The van der Waals surface area contributed by atoms with Crippen LogP contribution in [0, 0.1) is 3.57 Å². The number of hydrogen-bond donors (Lipinski definition) is 0. The molecule has 0 spiro atoms. The highest BCUT2D eigenvalue weighted by Crippen LogP contribution is 2.36. The lowest BCUT2D eigenvalue weighted by molar-refractivity contribution is -0.114. The van der Waals surface area contributed by atoms with Crippen LogP contribution in [0.1, 0.15) is 16.7 Å². The van der Waals surface area contributed by atoms with Gasteiger partial charge in [-0.15, -0.1) is 0 Å². The third-order valence-corrected chi connectivity index (χ3v) is 7.12. The van der Waals surface area contributed by atoms with Crippen LogP contribution in [-0.4, -0.2) is 18.7 Å². The normalized spacial score (nSPS) is 14.1. The molecule has 1 amide bonds. The van der Waals surface area contributed by atoms with E-state index in [1.165, 1.54) is 5.01 Å². The molecule has 7 heteroatoms. The zero-order valence-electron chi connectivity index (χ0n) is 19.9. The maximum absolute atomic E-state index is 13.6. The number of methoxy groups -OCH3 is 1. The Kier molecular flexibility index (Phi) is 7.71. The molecule has 0 radical (unpaired) electrons. The third kappa shape index (κ3) is 5.62. The fourth-order valence-electron chi connectivity index (χ4n) is 3.96. The predicted molar refractivity (Wildman–Crippen MR) is 159 cm³/mol.